The number of amides is 1. The molecule has 1 aromatic carbocycles. The van der Waals surface area contributed by atoms with Crippen LogP contribution < -0.4 is 21.2 Å². The van der Waals surface area contributed by atoms with E-state index in [2.05, 4.69) is 15.5 Å². The maximum absolute atomic E-state index is 12.7. The van der Waals surface area contributed by atoms with Gasteiger partial charge in [0, 0.05) is 24.2 Å². The number of carbonyl (C=O) groups is 1. The van der Waals surface area contributed by atoms with Gasteiger partial charge in [0.25, 0.3) is 11.1 Å². The number of rotatable bonds is 8. The molecule has 1 amide bonds. The van der Waals surface area contributed by atoms with Crippen LogP contribution in [0.15, 0.2) is 75.6 Å². The van der Waals surface area contributed by atoms with Gasteiger partial charge in [-0.15, -0.1) is 11.3 Å². The van der Waals surface area contributed by atoms with Crippen LogP contribution in [0, 0.1) is 0 Å². The molecule has 10 heteroatoms. The number of aromatic nitrogens is 4. The van der Waals surface area contributed by atoms with Gasteiger partial charge < -0.3 is 10.1 Å². The van der Waals surface area contributed by atoms with Crippen molar-refractivity contribution >= 4 is 17.2 Å². The van der Waals surface area contributed by atoms with Crippen LogP contribution in [0.2, 0.25) is 0 Å². The summed E-state index contributed by atoms with van der Waals surface area (Å²) < 4.78 is 7.63. The monoisotopic (exact) mass is 477 g/mol. The number of ether oxygens (including phenoxy) is 1. The second kappa shape index (κ2) is 10.3. The van der Waals surface area contributed by atoms with Crippen LogP contribution in [0.3, 0.4) is 0 Å². The fraction of sp³-hybridized carbons (Fsp3) is 0.208. The Morgan fingerprint density at radius 3 is 2.44 bits per heavy atom. The first-order valence-corrected chi connectivity index (χ1v) is 11.5. The third-order valence-corrected chi connectivity index (χ3v) is 6.11. The van der Waals surface area contributed by atoms with Crippen molar-refractivity contribution in [2.24, 2.45) is 0 Å². The van der Waals surface area contributed by atoms with E-state index in [0.29, 0.717) is 17.1 Å². The Labute approximate surface area is 199 Å². The molecule has 4 rings (SSSR count). The molecule has 1 atom stereocenters. The molecule has 0 spiro atoms. The fourth-order valence-corrected chi connectivity index (χ4v) is 4.02. The minimum absolute atomic E-state index is 0.177. The smallest absolute Gasteiger partial charge is 0.267 e. The molecule has 34 heavy (non-hydrogen) atoms. The molecule has 0 aliphatic rings. The summed E-state index contributed by atoms with van der Waals surface area (Å²) in [5, 5.41) is 13.4. The molecule has 4 aromatic rings. The van der Waals surface area contributed by atoms with Crippen molar-refractivity contribution in [3.63, 3.8) is 0 Å². The zero-order chi connectivity index (χ0) is 24.1. The molecule has 174 valence electrons. The van der Waals surface area contributed by atoms with E-state index in [4.69, 9.17) is 4.74 Å². The SMILES string of the molecule is COc1ccc(-c2ccc(=O)n(C(C)C(=O)NCCn3nc(-c4cccs4)ccc3=O)n2)cc1. The number of thiophene rings is 1. The fourth-order valence-electron chi connectivity index (χ4n) is 3.33. The lowest BCUT2D eigenvalue weighted by Gasteiger charge is -2.15. The van der Waals surface area contributed by atoms with Crippen molar-refractivity contribution in [1.29, 1.82) is 0 Å². The van der Waals surface area contributed by atoms with Gasteiger partial charge >= 0.3 is 0 Å². The Hall–Kier alpha value is -4.05. The highest BCUT2D eigenvalue weighted by atomic mass is 32.1. The molecule has 1 unspecified atom stereocenters. The van der Waals surface area contributed by atoms with Crippen LogP contribution in [0.4, 0.5) is 0 Å². The summed E-state index contributed by atoms with van der Waals surface area (Å²) >= 11 is 1.53. The highest BCUT2D eigenvalue weighted by Crippen LogP contribution is 2.21. The summed E-state index contributed by atoms with van der Waals surface area (Å²) in [5.41, 5.74) is 1.40. The van der Waals surface area contributed by atoms with Crippen molar-refractivity contribution in [1.82, 2.24) is 24.9 Å². The number of nitrogens with one attached hydrogen (secondary N) is 1. The molecule has 1 N–H and O–H groups in total. The van der Waals surface area contributed by atoms with Gasteiger partial charge in [-0.1, -0.05) is 6.07 Å². The Morgan fingerprint density at radius 1 is 1.00 bits per heavy atom. The summed E-state index contributed by atoms with van der Waals surface area (Å²) in [5.74, 6) is 0.322. The van der Waals surface area contributed by atoms with Crippen molar-refractivity contribution in [2.75, 3.05) is 13.7 Å². The molecular weight excluding hydrogens is 454 g/mol. The van der Waals surface area contributed by atoms with Crippen molar-refractivity contribution in [2.45, 2.75) is 19.5 Å². The lowest BCUT2D eigenvalue weighted by Crippen LogP contribution is -2.39. The summed E-state index contributed by atoms with van der Waals surface area (Å²) in [4.78, 5) is 38.2. The minimum atomic E-state index is -0.840. The second-order valence-corrected chi connectivity index (χ2v) is 8.40. The molecule has 0 bridgehead atoms. The largest absolute Gasteiger partial charge is 0.497 e. The van der Waals surface area contributed by atoms with Gasteiger partial charge in [0.1, 0.15) is 17.5 Å². The van der Waals surface area contributed by atoms with E-state index in [1.807, 2.05) is 29.6 Å². The summed E-state index contributed by atoms with van der Waals surface area (Å²) in [6.45, 7) is 1.98. The third kappa shape index (κ3) is 5.12. The summed E-state index contributed by atoms with van der Waals surface area (Å²) in [6.07, 6.45) is 0. The van der Waals surface area contributed by atoms with E-state index in [1.54, 1.807) is 38.3 Å². The number of hydrogen-bond acceptors (Lipinski definition) is 7. The van der Waals surface area contributed by atoms with E-state index < -0.39 is 6.04 Å². The van der Waals surface area contributed by atoms with E-state index in [-0.39, 0.29) is 30.1 Å². The topological polar surface area (TPSA) is 108 Å². The first-order chi connectivity index (χ1) is 16.5. The van der Waals surface area contributed by atoms with Crippen LogP contribution >= 0.6 is 11.3 Å². The number of nitrogens with zero attached hydrogens (tertiary/aromatic N) is 4. The number of methoxy groups -OCH3 is 1. The van der Waals surface area contributed by atoms with Gasteiger partial charge in [0.2, 0.25) is 5.91 Å². The quantitative estimate of drug-likeness (QED) is 0.418. The first kappa shape index (κ1) is 23.1. The molecule has 0 aliphatic carbocycles. The Kier molecular flexibility index (Phi) is 6.98. The average molecular weight is 478 g/mol. The van der Waals surface area contributed by atoms with Gasteiger partial charge in [-0.25, -0.2) is 9.36 Å². The molecule has 3 heterocycles. The second-order valence-electron chi connectivity index (χ2n) is 7.45. The highest BCUT2D eigenvalue weighted by molar-refractivity contribution is 7.13. The van der Waals surface area contributed by atoms with Gasteiger partial charge in [0.15, 0.2) is 0 Å². The van der Waals surface area contributed by atoms with E-state index in [1.165, 1.54) is 28.2 Å². The lowest BCUT2D eigenvalue weighted by atomic mass is 10.1. The zero-order valence-electron chi connectivity index (χ0n) is 18.7. The molecule has 9 nitrogen and oxygen atoms in total. The third-order valence-electron chi connectivity index (χ3n) is 5.22. The van der Waals surface area contributed by atoms with Crippen molar-refractivity contribution in [3.8, 4) is 27.6 Å². The molecule has 0 fully saturated rings. The summed E-state index contributed by atoms with van der Waals surface area (Å²) in [6, 6.07) is 16.4. The molecule has 0 saturated carbocycles. The van der Waals surface area contributed by atoms with Crippen LogP contribution in [0.5, 0.6) is 5.75 Å². The van der Waals surface area contributed by atoms with Crippen molar-refractivity contribution in [3.05, 3.63) is 86.8 Å². The Morgan fingerprint density at radius 2 is 1.74 bits per heavy atom. The normalized spacial score (nSPS) is 11.7. The highest BCUT2D eigenvalue weighted by Gasteiger charge is 2.18. The molecule has 0 saturated heterocycles. The zero-order valence-corrected chi connectivity index (χ0v) is 19.5. The Balaban J connectivity index is 1.43. The predicted molar refractivity (Wildman–Crippen MR) is 130 cm³/mol. The molecular formula is C24H23N5O4S. The van der Waals surface area contributed by atoms with E-state index in [9.17, 15) is 14.4 Å². The summed E-state index contributed by atoms with van der Waals surface area (Å²) in [7, 11) is 1.58. The van der Waals surface area contributed by atoms with Gasteiger partial charge in [0.05, 0.1) is 24.2 Å². The molecule has 0 radical (unpaired) electrons. The lowest BCUT2D eigenvalue weighted by molar-refractivity contribution is -0.124. The maximum atomic E-state index is 12.7. The van der Waals surface area contributed by atoms with Gasteiger partial charge in [-0.2, -0.15) is 10.2 Å². The minimum Gasteiger partial charge on any atom is -0.497 e. The van der Waals surface area contributed by atoms with E-state index in [0.717, 1.165) is 15.1 Å². The van der Waals surface area contributed by atoms with Gasteiger partial charge in [-0.05, 0) is 54.8 Å². The molecule has 0 aliphatic heterocycles. The standard InChI is InChI=1S/C24H23N5O4S/c1-16(29-23(31)12-9-19(27-29)17-5-7-18(33-2)8-6-17)24(32)25-13-14-28-22(30)11-10-20(26-28)21-4-3-15-34-21/h3-12,15-16H,13-14H2,1-2H3,(H,25,32). The van der Waals surface area contributed by atoms with Crippen LogP contribution in [0.1, 0.15) is 13.0 Å². The molecule has 3 aromatic heterocycles. The van der Waals surface area contributed by atoms with Crippen LogP contribution in [0.25, 0.3) is 21.8 Å². The predicted octanol–water partition coefficient (Wildman–Crippen LogP) is 2.58. The average Bonchev–Trinajstić information content (AvgIpc) is 3.40. The number of benzene rings is 1. The first-order valence-electron chi connectivity index (χ1n) is 10.6. The van der Waals surface area contributed by atoms with Crippen molar-refractivity contribution < 1.29 is 9.53 Å². The van der Waals surface area contributed by atoms with Crippen LogP contribution in [-0.2, 0) is 11.3 Å². The number of hydrogen-bond donors (Lipinski definition) is 1. The Bertz CT molecular complexity index is 1390. The van der Waals surface area contributed by atoms with Gasteiger partial charge in [-0.3, -0.25) is 14.4 Å². The van der Waals surface area contributed by atoms with E-state index >= 15 is 0 Å². The maximum Gasteiger partial charge on any atom is 0.267 e. The van der Waals surface area contributed by atoms with Crippen LogP contribution in [-0.4, -0.2) is 39.1 Å². The number of carbonyl (C=O) groups excluding carboxylic acids is 1.